The van der Waals surface area contributed by atoms with Gasteiger partial charge in [-0.2, -0.15) is 15.4 Å². The molecule has 0 saturated carbocycles. The largest absolute Gasteiger partial charge is 0.197 e. The van der Waals surface area contributed by atoms with Gasteiger partial charge in [-0.15, -0.1) is 0 Å². The second-order valence-electron chi connectivity index (χ2n) is 4.02. The molecule has 1 aliphatic rings. The van der Waals surface area contributed by atoms with Crippen molar-refractivity contribution in [3.05, 3.63) is 40.8 Å². The van der Waals surface area contributed by atoms with Gasteiger partial charge in [0, 0.05) is 0 Å². The van der Waals surface area contributed by atoms with Crippen LogP contribution in [0, 0.1) is 5.92 Å². The number of H-pyrrole nitrogens is 1. The minimum Gasteiger partial charge on any atom is -0.197 e. The molecule has 1 aliphatic carbocycles. The fraction of sp³-hybridized carbons (Fsp3) is 0.333. The highest BCUT2D eigenvalue weighted by Gasteiger charge is 2.13. The first-order valence-corrected chi connectivity index (χ1v) is 5.11. The molecule has 1 aromatic heterocycles. The molecule has 1 aromatic rings. The lowest BCUT2D eigenvalue weighted by molar-refractivity contribution is 0.856. The summed E-state index contributed by atoms with van der Waals surface area (Å²) in [4.78, 5) is 0. The number of allylic oxidation sites excluding steroid dienone is 5. The zero-order valence-corrected chi connectivity index (χ0v) is 9.28. The third-order valence-electron chi connectivity index (χ3n) is 2.64. The van der Waals surface area contributed by atoms with Gasteiger partial charge >= 0.3 is 0 Å². The van der Waals surface area contributed by atoms with Gasteiger partial charge < -0.3 is 0 Å². The number of nitrogens with one attached hydrogen (secondary N) is 1. The molecule has 0 amide bonds. The van der Waals surface area contributed by atoms with Gasteiger partial charge in [0.25, 0.3) is 0 Å². The lowest BCUT2D eigenvalue weighted by Gasteiger charge is -2.18. The van der Waals surface area contributed by atoms with Crippen molar-refractivity contribution in [2.24, 2.45) is 5.92 Å². The molecule has 0 aromatic carbocycles. The van der Waals surface area contributed by atoms with Gasteiger partial charge in [-0.3, -0.25) is 0 Å². The molecule has 1 heterocycles. The van der Waals surface area contributed by atoms with Crippen LogP contribution in [0.25, 0.3) is 6.08 Å². The molecule has 1 atom stereocenters. The van der Waals surface area contributed by atoms with E-state index >= 15 is 0 Å². The maximum atomic E-state index is 4.04. The molecule has 0 fully saturated rings. The Kier molecular flexibility index (Phi) is 2.54. The second-order valence-corrected chi connectivity index (χ2v) is 4.02. The third kappa shape index (κ3) is 2.06. The Morgan fingerprint density at radius 1 is 1.40 bits per heavy atom. The highest BCUT2D eigenvalue weighted by Crippen LogP contribution is 2.29. The van der Waals surface area contributed by atoms with Gasteiger partial charge in [-0.1, -0.05) is 24.6 Å². The Labute approximate surface area is 89.6 Å². The molecule has 1 N–H and O–H groups in total. The molecular formula is C12H15N3. The lowest BCUT2D eigenvalue weighted by Crippen LogP contribution is -2.03. The summed E-state index contributed by atoms with van der Waals surface area (Å²) in [6, 6.07) is 0. The van der Waals surface area contributed by atoms with Gasteiger partial charge in [0.1, 0.15) is 5.69 Å². The minimum atomic E-state index is 0.451. The summed E-state index contributed by atoms with van der Waals surface area (Å²) in [7, 11) is 0. The summed E-state index contributed by atoms with van der Waals surface area (Å²) in [6.45, 7) is 6.47. The molecule has 3 heteroatoms. The number of aromatic amines is 1. The summed E-state index contributed by atoms with van der Waals surface area (Å²) >= 11 is 0. The predicted molar refractivity (Wildman–Crippen MR) is 61.0 cm³/mol. The molecule has 15 heavy (non-hydrogen) atoms. The predicted octanol–water partition coefficient (Wildman–Crippen LogP) is 2.73. The van der Waals surface area contributed by atoms with E-state index in [1.165, 1.54) is 16.7 Å². The van der Waals surface area contributed by atoms with E-state index in [1.54, 1.807) is 6.20 Å². The van der Waals surface area contributed by atoms with Crippen LogP contribution in [-0.2, 0) is 0 Å². The maximum Gasteiger partial charge on any atom is 0.105 e. The van der Waals surface area contributed by atoms with Crippen LogP contribution in [0.15, 0.2) is 35.1 Å². The van der Waals surface area contributed by atoms with Crippen molar-refractivity contribution in [2.75, 3.05) is 0 Å². The highest BCUT2D eigenvalue weighted by molar-refractivity contribution is 5.59. The zero-order valence-electron chi connectivity index (χ0n) is 9.28. The summed E-state index contributed by atoms with van der Waals surface area (Å²) in [5, 5.41) is 10.5. The first kappa shape index (κ1) is 9.90. The molecule has 0 spiro atoms. The Balaban J connectivity index is 2.35. The van der Waals surface area contributed by atoms with Gasteiger partial charge in [-0.25, -0.2) is 0 Å². The quantitative estimate of drug-likeness (QED) is 0.759. The topological polar surface area (TPSA) is 41.6 Å². The molecule has 0 saturated heterocycles. The van der Waals surface area contributed by atoms with E-state index in [0.717, 1.165) is 5.69 Å². The first-order chi connectivity index (χ1) is 7.16. The van der Waals surface area contributed by atoms with E-state index < -0.39 is 0 Å². The molecule has 3 nitrogen and oxygen atoms in total. The smallest absolute Gasteiger partial charge is 0.105 e. The maximum absolute atomic E-state index is 4.04. The van der Waals surface area contributed by atoms with Crippen molar-refractivity contribution in [1.82, 2.24) is 15.4 Å². The standard InChI is InChI=1S/C12H15N3/c1-8-4-9(2)12(10(3)5-8)6-11-7-13-15-14-11/h4-7,9H,1-3H3,(H,13,14,15). The lowest BCUT2D eigenvalue weighted by atomic mass is 9.87. The van der Waals surface area contributed by atoms with Crippen molar-refractivity contribution in [2.45, 2.75) is 20.8 Å². The number of hydrogen-bond acceptors (Lipinski definition) is 2. The normalized spacial score (nSPS) is 23.9. The number of nitrogens with zero attached hydrogens (tertiary/aromatic N) is 2. The average Bonchev–Trinajstić information content (AvgIpc) is 2.63. The first-order valence-electron chi connectivity index (χ1n) is 5.11. The van der Waals surface area contributed by atoms with Crippen LogP contribution in [0.1, 0.15) is 26.5 Å². The van der Waals surface area contributed by atoms with Gasteiger partial charge in [0.05, 0.1) is 6.20 Å². The van der Waals surface area contributed by atoms with E-state index in [4.69, 9.17) is 0 Å². The minimum absolute atomic E-state index is 0.451. The van der Waals surface area contributed by atoms with Crippen LogP contribution in [-0.4, -0.2) is 15.4 Å². The molecule has 78 valence electrons. The Morgan fingerprint density at radius 3 is 2.80 bits per heavy atom. The van der Waals surface area contributed by atoms with Gasteiger partial charge in [0.15, 0.2) is 0 Å². The second kappa shape index (κ2) is 3.85. The Hall–Kier alpha value is -1.64. The van der Waals surface area contributed by atoms with Crippen molar-refractivity contribution in [1.29, 1.82) is 0 Å². The van der Waals surface area contributed by atoms with Gasteiger partial charge in [-0.05, 0) is 37.0 Å². The van der Waals surface area contributed by atoms with Crippen LogP contribution in [0.5, 0.6) is 0 Å². The summed E-state index contributed by atoms with van der Waals surface area (Å²) in [5.74, 6) is 0.451. The van der Waals surface area contributed by atoms with Crippen molar-refractivity contribution in [3.8, 4) is 0 Å². The molecule has 1 unspecified atom stereocenters. The van der Waals surface area contributed by atoms with Crippen LogP contribution in [0.4, 0.5) is 0 Å². The fourth-order valence-corrected chi connectivity index (χ4v) is 2.00. The number of aromatic nitrogens is 3. The van der Waals surface area contributed by atoms with Crippen molar-refractivity contribution < 1.29 is 0 Å². The van der Waals surface area contributed by atoms with Crippen LogP contribution in [0.2, 0.25) is 0 Å². The summed E-state index contributed by atoms with van der Waals surface area (Å²) < 4.78 is 0. The van der Waals surface area contributed by atoms with E-state index in [0.29, 0.717) is 5.92 Å². The third-order valence-corrected chi connectivity index (χ3v) is 2.64. The molecule has 0 bridgehead atoms. The van der Waals surface area contributed by atoms with Crippen molar-refractivity contribution in [3.63, 3.8) is 0 Å². The summed E-state index contributed by atoms with van der Waals surface area (Å²) in [6.07, 6.45) is 8.28. The van der Waals surface area contributed by atoms with E-state index in [2.05, 4.69) is 54.4 Å². The Morgan fingerprint density at radius 2 is 2.20 bits per heavy atom. The summed E-state index contributed by atoms with van der Waals surface area (Å²) in [5.41, 5.74) is 4.84. The molecule has 0 aliphatic heterocycles. The number of rotatable bonds is 1. The van der Waals surface area contributed by atoms with Gasteiger partial charge in [0.2, 0.25) is 0 Å². The molecule has 2 rings (SSSR count). The van der Waals surface area contributed by atoms with Crippen LogP contribution < -0.4 is 0 Å². The zero-order chi connectivity index (χ0) is 10.8. The highest BCUT2D eigenvalue weighted by atomic mass is 15.3. The average molecular weight is 201 g/mol. The monoisotopic (exact) mass is 201 g/mol. The van der Waals surface area contributed by atoms with E-state index in [-0.39, 0.29) is 0 Å². The van der Waals surface area contributed by atoms with Crippen LogP contribution in [0.3, 0.4) is 0 Å². The van der Waals surface area contributed by atoms with E-state index in [1.807, 2.05) is 0 Å². The van der Waals surface area contributed by atoms with Crippen molar-refractivity contribution >= 4 is 6.08 Å². The van der Waals surface area contributed by atoms with Crippen LogP contribution >= 0.6 is 0 Å². The van der Waals surface area contributed by atoms with E-state index in [9.17, 15) is 0 Å². The molecular weight excluding hydrogens is 186 g/mol. The Bertz CT molecular complexity index is 435. The SMILES string of the molecule is CC1=CC(C)C(=Cc2cn[nH]n2)C(C)=C1. The molecule has 0 radical (unpaired) electrons. The fourth-order valence-electron chi connectivity index (χ4n) is 2.00. The number of hydrogen-bond donors (Lipinski definition) is 1.